The molecule has 0 spiro atoms. The van der Waals surface area contributed by atoms with Gasteiger partial charge in [-0.25, -0.2) is 0 Å². The number of nitrogens with two attached hydrogens (primary N) is 2. The fourth-order valence-corrected chi connectivity index (χ4v) is 2.84. The minimum atomic E-state index is -0.459. The number of hydrogen-bond donors (Lipinski definition) is 3. The van der Waals surface area contributed by atoms with E-state index in [9.17, 15) is 9.59 Å². The number of hydrogen-bond acceptors (Lipinski definition) is 5. The number of amides is 2. The molecule has 6 nitrogen and oxygen atoms in total. The number of nitrogen functional groups attached to an aromatic ring is 1. The second-order valence-corrected chi connectivity index (χ2v) is 5.23. The molecule has 106 valence electrons. The molecular formula is C13H15N3O3S. The van der Waals surface area contributed by atoms with Crippen molar-refractivity contribution in [3.05, 3.63) is 23.1 Å². The van der Waals surface area contributed by atoms with Gasteiger partial charge in [-0.3, -0.25) is 9.59 Å². The molecule has 0 unspecified atom stereocenters. The lowest BCUT2D eigenvalue weighted by Gasteiger charge is -2.02. The summed E-state index contributed by atoms with van der Waals surface area (Å²) in [5.41, 5.74) is 11.4. The van der Waals surface area contributed by atoms with Crippen LogP contribution < -0.4 is 21.5 Å². The Morgan fingerprint density at radius 2 is 2.15 bits per heavy atom. The number of anilines is 1. The third-order valence-electron chi connectivity index (χ3n) is 2.80. The molecule has 1 heterocycles. The molecule has 1 aromatic carbocycles. The first-order chi connectivity index (χ1) is 9.52. The van der Waals surface area contributed by atoms with E-state index in [1.54, 1.807) is 13.2 Å². The lowest BCUT2D eigenvalue weighted by molar-refractivity contribution is -0.117. The summed E-state index contributed by atoms with van der Waals surface area (Å²) in [5, 5.41) is 3.44. The number of benzene rings is 1. The van der Waals surface area contributed by atoms with Crippen molar-refractivity contribution in [2.75, 3.05) is 19.4 Å². The van der Waals surface area contributed by atoms with Crippen LogP contribution >= 0.6 is 11.3 Å². The van der Waals surface area contributed by atoms with Crippen LogP contribution in [0.15, 0.2) is 18.2 Å². The summed E-state index contributed by atoms with van der Waals surface area (Å²) >= 11 is 1.29. The highest BCUT2D eigenvalue weighted by molar-refractivity contribution is 7.21. The maximum absolute atomic E-state index is 12.0. The largest absolute Gasteiger partial charge is 0.497 e. The van der Waals surface area contributed by atoms with Crippen LogP contribution in [0.1, 0.15) is 16.1 Å². The molecule has 0 saturated carbocycles. The summed E-state index contributed by atoms with van der Waals surface area (Å²) < 4.78 is 6.01. The highest BCUT2D eigenvalue weighted by Crippen LogP contribution is 2.35. The molecule has 5 N–H and O–H groups in total. The van der Waals surface area contributed by atoms with Gasteiger partial charge in [0.2, 0.25) is 5.91 Å². The van der Waals surface area contributed by atoms with Gasteiger partial charge in [0.15, 0.2) is 0 Å². The average molecular weight is 293 g/mol. The van der Waals surface area contributed by atoms with E-state index in [0.29, 0.717) is 16.3 Å². The van der Waals surface area contributed by atoms with Gasteiger partial charge in [-0.1, -0.05) is 0 Å². The van der Waals surface area contributed by atoms with Crippen LogP contribution in [0.25, 0.3) is 10.1 Å². The lowest BCUT2D eigenvalue weighted by atomic mass is 10.2. The zero-order chi connectivity index (χ0) is 14.7. The van der Waals surface area contributed by atoms with E-state index in [2.05, 4.69) is 5.32 Å². The van der Waals surface area contributed by atoms with Crippen molar-refractivity contribution in [2.45, 2.75) is 6.42 Å². The molecule has 20 heavy (non-hydrogen) atoms. The number of rotatable bonds is 5. The van der Waals surface area contributed by atoms with Crippen LogP contribution in [0.5, 0.6) is 5.75 Å². The molecule has 0 bridgehead atoms. The fourth-order valence-electron chi connectivity index (χ4n) is 1.77. The van der Waals surface area contributed by atoms with Gasteiger partial charge in [-0.05, 0) is 18.2 Å². The highest BCUT2D eigenvalue weighted by atomic mass is 32.1. The minimum Gasteiger partial charge on any atom is -0.497 e. The first-order valence-corrected chi connectivity index (χ1v) is 6.77. The Morgan fingerprint density at radius 3 is 2.80 bits per heavy atom. The Bertz CT molecular complexity index is 666. The monoisotopic (exact) mass is 293 g/mol. The Morgan fingerprint density at radius 1 is 1.40 bits per heavy atom. The van der Waals surface area contributed by atoms with Gasteiger partial charge < -0.3 is 21.5 Å². The fraction of sp³-hybridized carbons (Fsp3) is 0.231. The van der Waals surface area contributed by atoms with E-state index in [1.165, 1.54) is 11.3 Å². The number of nitrogens with one attached hydrogen (secondary N) is 1. The smallest absolute Gasteiger partial charge is 0.263 e. The first kappa shape index (κ1) is 14.1. The quantitative estimate of drug-likeness (QED) is 0.767. The predicted molar refractivity (Wildman–Crippen MR) is 78.9 cm³/mol. The zero-order valence-electron chi connectivity index (χ0n) is 10.9. The second-order valence-electron chi connectivity index (χ2n) is 4.18. The molecule has 1 aromatic heterocycles. The summed E-state index contributed by atoms with van der Waals surface area (Å²) in [6, 6.07) is 5.44. The molecule has 2 aromatic rings. The number of thiophene rings is 1. The summed E-state index contributed by atoms with van der Waals surface area (Å²) in [6.07, 6.45) is 0.102. The van der Waals surface area contributed by atoms with Crippen LogP contribution in [-0.2, 0) is 4.79 Å². The molecule has 0 fully saturated rings. The number of methoxy groups -OCH3 is 1. The SMILES string of the molecule is COc1ccc2c(N)c(C(=O)NCCC(N)=O)sc2c1. The average Bonchev–Trinajstić information content (AvgIpc) is 2.75. The second kappa shape index (κ2) is 5.79. The van der Waals surface area contributed by atoms with Crippen LogP contribution in [-0.4, -0.2) is 25.5 Å². The molecule has 0 atom stereocenters. The van der Waals surface area contributed by atoms with Gasteiger partial charge in [-0.2, -0.15) is 0 Å². The molecule has 0 saturated heterocycles. The number of ether oxygens (including phenoxy) is 1. The molecule has 0 aliphatic carbocycles. The van der Waals surface area contributed by atoms with Gasteiger partial charge in [-0.15, -0.1) is 11.3 Å². The molecule has 2 rings (SSSR count). The Balaban J connectivity index is 2.23. The molecular weight excluding hydrogens is 278 g/mol. The number of carbonyl (C=O) groups is 2. The van der Waals surface area contributed by atoms with Crippen LogP contribution in [0.4, 0.5) is 5.69 Å². The van der Waals surface area contributed by atoms with Gasteiger partial charge >= 0.3 is 0 Å². The van der Waals surface area contributed by atoms with Crippen LogP contribution in [0.2, 0.25) is 0 Å². The van der Waals surface area contributed by atoms with Gasteiger partial charge in [0.1, 0.15) is 10.6 Å². The molecule has 2 amide bonds. The molecule has 0 radical (unpaired) electrons. The van der Waals surface area contributed by atoms with Crippen molar-refractivity contribution < 1.29 is 14.3 Å². The minimum absolute atomic E-state index is 0.102. The van der Waals surface area contributed by atoms with Crippen LogP contribution in [0.3, 0.4) is 0 Å². The van der Waals surface area contributed by atoms with Crippen molar-refractivity contribution in [1.82, 2.24) is 5.32 Å². The maximum Gasteiger partial charge on any atom is 0.263 e. The van der Waals surface area contributed by atoms with Gasteiger partial charge in [0.25, 0.3) is 5.91 Å². The van der Waals surface area contributed by atoms with E-state index in [1.807, 2.05) is 12.1 Å². The number of primary amides is 1. The molecule has 0 aliphatic rings. The van der Waals surface area contributed by atoms with Crippen molar-refractivity contribution in [3.8, 4) is 5.75 Å². The summed E-state index contributed by atoms with van der Waals surface area (Å²) in [5.74, 6) is -0.0531. The topological polar surface area (TPSA) is 107 Å². The van der Waals surface area contributed by atoms with Crippen molar-refractivity contribution >= 4 is 38.9 Å². The molecule has 0 aliphatic heterocycles. The first-order valence-electron chi connectivity index (χ1n) is 5.95. The highest BCUT2D eigenvalue weighted by Gasteiger charge is 2.16. The summed E-state index contributed by atoms with van der Waals surface area (Å²) in [4.78, 5) is 23.1. The van der Waals surface area contributed by atoms with E-state index in [-0.39, 0.29) is 18.9 Å². The Labute approximate surface area is 119 Å². The van der Waals surface area contributed by atoms with Gasteiger partial charge in [0.05, 0.1) is 12.8 Å². The Hall–Kier alpha value is -2.28. The van der Waals surface area contributed by atoms with E-state index >= 15 is 0 Å². The third kappa shape index (κ3) is 2.83. The number of fused-ring (bicyclic) bond motifs is 1. The van der Waals surface area contributed by atoms with Crippen molar-refractivity contribution in [2.24, 2.45) is 5.73 Å². The normalized spacial score (nSPS) is 10.4. The maximum atomic E-state index is 12.0. The zero-order valence-corrected chi connectivity index (χ0v) is 11.8. The molecule has 7 heteroatoms. The van der Waals surface area contributed by atoms with Crippen molar-refractivity contribution in [1.29, 1.82) is 0 Å². The summed E-state index contributed by atoms with van der Waals surface area (Å²) in [7, 11) is 1.58. The van der Waals surface area contributed by atoms with Crippen molar-refractivity contribution in [3.63, 3.8) is 0 Å². The van der Waals surface area contributed by atoms with Gasteiger partial charge in [0, 0.05) is 23.1 Å². The van der Waals surface area contributed by atoms with Crippen LogP contribution in [0, 0.1) is 0 Å². The Kier molecular flexibility index (Phi) is 4.09. The lowest BCUT2D eigenvalue weighted by Crippen LogP contribution is -2.27. The standard InChI is InChI=1S/C13H15N3O3S/c1-19-7-2-3-8-9(6-7)20-12(11(8)15)13(18)16-5-4-10(14)17/h2-3,6H,4-5,15H2,1H3,(H2,14,17)(H,16,18). The van der Waals surface area contributed by atoms with E-state index in [4.69, 9.17) is 16.2 Å². The predicted octanol–water partition coefficient (Wildman–Crippen LogP) is 1.10. The van der Waals surface area contributed by atoms with E-state index in [0.717, 1.165) is 10.1 Å². The summed E-state index contributed by atoms with van der Waals surface area (Å²) in [6.45, 7) is 0.200. The third-order valence-corrected chi connectivity index (χ3v) is 3.97. The number of carbonyl (C=O) groups excluding carboxylic acids is 2. The van der Waals surface area contributed by atoms with E-state index < -0.39 is 5.91 Å².